The number of nitrogens with zero attached hydrogens (tertiary/aromatic N) is 1. The zero-order valence-electron chi connectivity index (χ0n) is 11.3. The largest absolute Gasteiger partial charge is 0.472 e. The third-order valence-corrected chi connectivity index (χ3v) is 3.59. The van der Waals surface area contributed by atoms with Crippen LogP contribution in [0.5, 0.6) is 5.75 Å². The van der Waals surface area contributed by atoms with Crippen molar-refractivity contribution in [2.24, 2.45) is 0 Å². The molecule has 4 nitrogen and oxygen atoms in total. The predicted octanol–water partition coefficient (Wildman–Crippen LogP) is 2.31. The van der Waals surface area contributed by atoms with Gasteiger partial charge in [0.05, 0.1) is 13.2 Å². The molecule has 1 aliphatic heterocycles. The van der Waals surface area contributed by atoms with E-state index in [4.69, 9.17) is 9.47 Å². The van der Waals surface area contributed by atoms with Gasteiger partial charge < -0.3 is 9.47 Å². The first-order valence-electron chi connectivity index (χ1n) is 6.92. The quantitative estimate of drug-likeness (QED) is 0.857. The summed E-state index contributed by atoms with van der Waals surface area (Å²) in [6.07, 6.45) is -0.417. The fraction of sp³-hybridized carbons (Fsp3) is 0.375. The van der Waals surface area contributed by atoms with Crippen LogP contribution >= 0.6 is 0 Å². The Morgan fingerprint density at radius 2 is 1.85 bits per heavy atom. The van der Waals surface area contributed by atoms with Gasteiger partial charge in [-0.15, -0.1) is 0 Å². The molecule has 0 unspecified atom stereocenters. The summed E-state index contributed by atoms with van der Waals surface area (Å²) < 4.78 is 11.2. The summed E-state index contributed by atoms with van der Waals surface area (Å²) in [7, 11) is 0. The van der Waals surface area contributed by atoms with E-state index in [2.05, 4.69) is 6.07 Å². The molecule has 105 valence electrons. The normalized spacial score (nSPS) is 18.1. The molecule has 0 saturated carbocycles. The van der Waals surface area contributed by atoms with Crippen LogP contribution in [0, 0.1) is 0 Å². The highest BCUT2D eigenvalue weighted by Crippen LogP contribution is 2.22. The van der Waals surface area contributed by atoms with E-state index in [0.29, 0.717) is 13.2 Å². The summed E-state index contributed by atoms with van der Waals surface area (Å²) in [5, 5.41) is 13.7. The lowest BCUT2D eigenvalue weighted by Gasteiger charge is -2.32. The molecule has 0 spiro atoms. The van der Waals surface area contributed by atoms with Crippen LogP contribution in [-0.4, -0.2) is 44.0 Å². The Kier molecular flexibility index (Phi) is 4.16. The maximum atomic E-state index is 11.4. The number of hydrogen-bond donors (Lipinski definition) is 0. The summed E-state index contributed by atoms with van der Waals surface area (Å²) in [4.78, 5) is 2.05. The number of ether oxygens (including phenoxy) is 2. The van der Waals surface area contributed by atoms with Gasteiger partial charge in [0.1, 0.15) is 12.4 Å². The molecule has 1 saturated heterocycles. The number of hydrogen-bond acceptors (Lipinski definition) is 3. The van der Waals surface area contributed by atoms with Gasteiger partial charge in [-0.3, -0.25) is 4.90 Å². The lowest BCUT2D eigenvalue weighted by molar-refractivity contribution is -0.0781. The van der Waals surface area contributed by atoms with Crippen LogP contribution in [0.15, 0.2) is 42.5 Å². The molecule has 1 aliphatic rings. The summed E-state index contributed by atoms with van der Waals surface area (Å²) in [6, 6.07) is 14.0. The van der Waals surface area contributed by atoms with E-state index < -0.39 is 6.23 Å². The molecule has 1 heterocycles. The summed E-state index contributed by atoms with van der Waals surface area (Å²) in [6.45, 7) is 2.56. The fourth-order valence-corrected chi connectivity index (χ4v) is 2.48. The molecule has 0 aliphatic carbocycles. The minimum absolute atomic E-state index is 0.271. The van der Waals surface area contributed by atoms with Crippen LogP contribution in [0.1, 0.15) is 0 Å². The minimum Gasteiger partial charge on any atom is -0.472 e. The highest BCUT2D eigenvalue weighted by molar-refractivity contribution is 5.83. The average Bonchev–Trinajstić information content (AvgIpc) is 2.53. The summed E-state index contributed by atoms with van der Waals surface area (Å²) in [5.41, 5.74) is 0. The highest BCUT2D eigenvalue weighted by atomic mass is 16.5. The molecule has 4 heteroatoms. The van der Waals surface area contributed by atoms with Gasteiger partial charge in [-0.1, -0.05) is 30.3 Å². The molecule has 3 rings (SSSR count). The third kappa shape index (κ3) is 2.93. The molecule has 2 aromatic carbocycles. The molecule has 2 aromatic rings. The number of morpholine rings is 1. The zero-order chi connectivity index (χ0) is 13.8. The van der Waals surface area contributed by atoms with E-state index in [1.165, 1.54) is 5.39 Å². The first-order chi connectivity index (χ1) is 9.86. The topological polar surface area (TPSA) is 41.6 Å². The van der Waals surface area contributed by atoms with Gasteiger partial charge in [-0.05, 0) is 22.9 Å². The Morgan fingerprint density at radius 3 is 2.60 bits per heavy atom. The lowest BCUT2D eigenvalue weighted by Crippen LogP contribution is -2.47. The van der Waals surface area contributed by atoms with E-state index in [1.807, 2.05) is 41.3 Å². The lowest BCUT2D eigenvalue weighted by atomic mass is 10.1. The smallest absolute Gasteiger partial charge is 0.179 e. The SMILES string of the molecule is [O]C[C@@H](Oc1ccc2ccccc2c1)N1CCOCC1. The Morgan fingerprint density at radius 1 is 1.10 bits per heavy atom. The second kappa shape index (κ2) is 6.22. The standard InChI is InChI=1S/C16H18NO3/c18-12-16(17-7-9-19-10-8-17)20-15-6-5-13-3-1-2-4-14(13)11-15/h1-6,11,16H,7-10,12H2/t16-/m1/s1. The van der Waals surface area contributed by atoms with Gasteiger partial charge in [-0.2, -0.15) is 0 Å². The minimum atomic E-state index is -0.417. The fourth-order valence-electron chi connectivity index (χ4n) is 2.48. The first-order valence-corrected chi connectivity index (χ1v) is 6.92. The van der Waals surface area contributed by atoms with Gasteiger partial charge in [-0.25, -0.2) is 5.11 Å². The second-order valence-electron chi connectivity index (χ2n) is 4.90. The molecule has 0 amide bonds. The van der Waals surface area contributed by atoms with Crippen molar-refractivity contribution >= 4 is 10.8 Å². The van der Waals surface area contributed by atoms with Crippen molar-refractivity contribution in [3.63, 3.8) is 0 Å². The maximum absolute atomic E-state index is 11.4. The molecule has 1 radical (unpaired) electrons. The first kappa shape index (κ1) is 13.4. The van der Waals surface area contributed by atoms with Crippen LogP contribution in [0.2, 0.25) is 0 Å². The van der Waals surface area contributed by atoms with E-state index in [-0.39, 0.29) is 6.61 Å². The van der Waals surface area contributed by atoms with Crippen LogP contribution in [0.3, 0.4) is 0 Å². The molecule has 1 fully saturated rings. The molecule has 20 heavy (non-hydrogen) atoms. The molecule has 0 bridgehead atoms. The van der Waals surface area contributed by atoms with Crippen molar-refractivity contribution in [3.8, 4) is 5.75 Å². The Balaban J connectivity index is 1.76. The van der Waals surface area contributed by atoms with Crippen molar-refractivity contribution in [1.29, 1.82) is 0 Å². The van der Waals surface area contributed by atoms with Crippen molar-refractivity contribution < 1.29 is 14.6 Å². The average molecular weight is 272 g/mol. The van der Waals surface area contributed by atoms with Gasteiger partial charge in [0.25, 0.3) is 0 Å². The summed E-state index contributed by atoms with van der Waals surface area (Å²) in [5.74, 6) is 0.746. The number of benzene rings is 2. The van der Waals surface area contributed by atoms with Crippen molar-refractivity contribution in [3.05, 3.63) is 42.5 Å². The third-order valence-electron chi connectivity index (χ3n) is 3.59. The van der Waals surface area contributed by atoms with Gasteiger partial charge in [0.15, 0.2) is 6.23 Å². The Bertz CT molecular complexity index is 566. The van der Waals surface area contributed by atoms with Crippen LogP contribution < -0.4 is 4.74 Å². The maximum Gasteiger partial charge on any atom is 0.179 e. The van der Waals surface area contributed by atoms with E-state index in [0.717, 1.165) is 24.2 Å². The van der Waals surface area contributed by atoms with Crippen molar-refractivity contribution in [1.82, 2.24) is 4.90 Å². The van der Waals surface area contributed by atoms with Gasteiger partial charge >= 0.3 is 0 Å². The summed E-state index contributed by atoms with van der Waals surface area (Å²) >= 11 is 0. The Labute approximate surface area is 118 Å². The van der Waals surface area contributed by atoms with Crippen LogP contribution in [0.4, 0.5) is 0 Å². The van der Waals surface area contributed by atoms with E-state index in [1.54, 1.807) is 0 Å². The molecular weight excluding hydrogens is 254 g/mol. The van der Waals surface area contributed by atoms with Crippen molar-refractivity contribution in [2.75, 3.05) is 32.9 Å². The van der Waals surface area contributed by atoms with Crippen LogP contribution in [-0.2, 0) is 9.84 Å². The van der Waals surface area contributed by atoms with Crippen LogP contribution in [0.25, 0.3) is 10.8 Å². The van der Waals surface area contributed by atoms with Gasteiger partial charge in [0.2, 0.25) is 0 Å². The Hall–Kier alpha value is -1.62. The van der Waals surface area contributed by atoms with E-state index in [9.17, 15) is 5.11 Å². The van der Waals surface area contributed by atoms with E-state index >= 15 is 0 Å². The molecule has 0 aromatic heterocycles. The number of fused-ring (bicyclic) bond motifs is 1. The molecule has 1 atom stereocenters. The van der Waals surface area contributed by atoms with Crippen molar-refractivity contribution in [2.45, 2.75) is 6.23 Å². The highest BCUT2D eigenvalue weighted by Gasteiger charge is 2.22. The molecular formula is C16H18NO3. The van der Waals surface area contributed by atoms with Gasteiger partial charge in [0, 0.05) is 13.1 Å². The second-order valence-corrected chi connectivity index (χ2v) is 4.90. The molecule has 0 N–H and O–H groups in total. The monoisotopic (exact) mass is 272 g/mol. The number of rotatable bonds is 4. The predicted molar refractivity (Wildman–Crippen MR) is 76.3 cm³/mol. The zero-order valence-corrected chi connectivity index (χ0v) is 11.3.